The van der Waals surface area contributed by atoms with Crippen LogP contribution < -0.4 is 5.32 Å². The quantitative estimate of drug-likeness (QED) is 0.922. The van der Waals surface area contributed by atoms with E-state index in [1.165, 1.54) is 12.1 Å². The summed E-state index contributed by atoms with van der Waals surface area (Å²) in [5, 5.41) is 6.97. The van der Waals surface area contributed by atoms with E-state index in [2.05, 4.69) is 10.4 Å². The predicted molar refractivity (Wildman–Crippen MR) is 66.7 cm³/mol. The second-order valence-electron chi connectivity index (χ2n) is 4.35. The molecule has 3 nitrogen and oxygen atoms in total. The second kappa shape index (κ2) is 4.95. The average Bonchev–Trinajstić information content (AvgIpc) is 2.73. The van der Waals surface area contributed by atoms with Gasteiger partial charge < -0.3 is 5.32 Å². The van der Waals surface area contributed by atoms with Gasteiger partial charge in [0.15, 0.2) is 0 Å². The van der Waals surface area contributed by atoms with E-state index in [9.17, 15) is 13.2 Å². The van der Waals surface area contributed by atoms with Crippen LogP contribution in [0.25, 0.3) is 0 Å². The number of halogens is 3. The molecule has 19 heavy (non-hydrogen) atoms. The third-order valence-corrected chi connectivity index (χ3v) is 2.82. The number of hydrogen-bond donors (Lipinski definition) is 1. The first-order valence-corrected chi connectivity index (χ1v) is 5.79. The lowest BCUT2D eigenvalue weighted by Gasteiger charge is -2.19. The Labute approximate surface area is 109 Å². The summed E-state index contributed by atoms with van der Waals surface area (Å²) >= 11 is 0. The maximum absolute atomic E-state index is 12.9. The standard InChI is InChI=1S/C13H14F3N3/c1-9(18-10-7-17-19(2)8-10)11-5-3-4-6-12(11)13(14,15)16/h3-9,18H,1-2H3. The highest BCUT2D eigenvalue weighted by molar-refractivity contribution is 5.43. The highest BCUT2D eigenvalue weighted by Crippen LogP contribution is 2.35. The molecule has 1 heterocycles. The Kier molecular flexibility index (Phi) is 3.50. The smallest absolute Gasteiger partial charge is 0.376 e. The summed E-state index contributed by atoms with van der Waals surface area (Å²) in [7, 11) is 1.75. The first-order valence-electron chi connectivity index (χ1n) is 5.79. The van der Waals surface area contributed by atoms with Gasteiger partial charge in [0.1, 0.15) is 0 Å². The van der Waals surface area contributed by atoms with Crippen molar-refractivity contribution in [3.8, 4) is 0 Å². The van der Waals surface area contributed by atoms with Crippen molar-refractivity contribution in [3.63, 3.8) is 0 Å². The summed E-state index contributed by atoms with van der Waals surface area (Å²) in [5.74, 6) is 0. The minimum Gasteiger partial charge on any atom is -0.376 e. The molecule has 0 aliphatic rings. The first-order chi connectivity index (χ1) is 8.88. The monoisotopic (exact) mass is 269 g/mol. The molecule has 0 radical (unpaired) electrons. The molecule has 0 saturated carbocycles. The van der Waals surface area contributed by atoms with E-state index in [0.29, 0.717) is 5.69 Å². The number of hydrogen-bond acceptors (Lipinski definition) is 2. The summed E-state index contributed by atoms with van der Waals surface area (Å²) in [6.45, 7) is 1.69. The molecule has 1 N–H and O–H groups in total. The Morgan fingerprint density at radius 1 is 1.26 bits per heavy atom. The van der Waals surface area contributed by atoms with Crippen molar-refractivity contribution in [2.75, 3.05) is 5.32 Å². The minimum atomic E-state index is -4.35. The van der Waals surface area contributed by atoms with Gasteiger partial charge in [-0.2, -0.15) is 18.3 Å². The molecule has 0 saturated heterocycles. The zero-order valence-electron chi connectivity index (χ0n) is 10.6. The molecule has 0 fully saturated rings. The van der Waals surface area contributed by atoms with Gasteiger partial charge in [0, 0.05) is 19.3 Å². The number of aryl methyl sites for hydroxylation is 1. The average molecular weight is 269 g/mol. The van der Waals surface area contributed by atoms with Crippen LogP contribution in [0.1, 0.15) is 24.1 Å². The third kappa shape index (κ3) is 3.07. The number of alkyl halides is 3. The fourth-order valence-corrected chi connectivity index (χ4v) is 1.96. The highest BCUT2D eigenvalue weighted by Gasteiger charge is 2.34. The van der Waals surface area contributed by atoms with Crippen LogP contribution in [0.3, 0.4) is 0 Å². The van der Waals surface area contributed by atoms with Crippen molar-refractivity contribution in [1.82, 2.24) is 9.78 Å². The lowest BCUT2D eigenvalue weighted by Crippen LogP contribution is -2.14. The number of anilines is 1. The molecular formula is C13H14F3N3. The van der Waals surface area contributed by atoms with E-state index < -0.39 is 17.8 Å². The molecule has 0 aliphatic carbocycles. The van der Waals surface area contributed by atoms with Crippen LogP contribution >= 0.6 is 0 Å². The van der Waals surface area contributed by atoms with Gasteiger partial charge in [0.05, 0.1) is 17.4 Å². The molecular weight excluding hydrogens is 255 g/mol. The normalized spacial score (nSPS) is 13.3. The van der Waals surface area contributed by atoms with Crippen LogP contribution in [0, 0.1) is 0 Å². The van der Waals surface area contributed by atoms with Crippen molar-refractivity contribution < 1.29 is 13.2 Å². The number of aromatic nitrogens is 2. The molecule has 1 atom stereocenters. The molecule has 0 aliphatic heterocycles. The summed E-state index contributed by atoms with van der Waals surface area (Å²) in [5.41, 5.74) is 0.296. The van der Waals surface area contributed by atoms with E-state index >= 15 is 0 Å². The van der Waals surface area contributed by atoms with Crippen molar-refractivity contribution in [1.29, 1.82) is 0 Å². The Balaban J connectivity index is 2.26. The first kappa shape index (κ1) is 13.5. The molecule has 1 aromatic heterocycles. The van der Waals surface area contributed by atoms with Gasteiger partial charge in [0.25, 0.3) is 0 Å². The lowest BCUT2D eigenvalue weighted by atomic mass is 10.0. The number of nitrogens with one attached hydrogen (secondary N) is 1. The predicted octanol–water partition coefficient (Wildman–Crippen LogP) is 3.61. The van der Waals surface area contributed by atoms with Crippen LogP contribution in [0.5, 0.6) is 0 Å². The van der Waals surface area contributed by atoms with Gasteiger partial charge in [-0.3, -0.25) is 4.68 Å². The molecule has 0 bridgehead atoms. The molecule has 1 aromatic carbocycles. The maximum Gasteiger partial charge on any atom is 0.416 e. The Bertz CT molecular complexity index is 560. The lowest BCUT2D eigenvalue weighted by molar-refractivity contribution is -0.138. The molecule has 0 spiro atoms. The van der Waals surface area contributed by atoms with Crippen molar-refractivity contribution in [3.05, 3.63) is 47.8 Å². The highest BCUT2D eigenvalue weighted by atomic mass is 19.4. The van der Waals surface area contributed by atoms with Crippen LogP contribution in [0.4, 0.5) is 18.9 Å². The van der Waals surface area contributed by atoms with Crippen LogP contribution in [-0.2, 0) is 13.2 Å². The van der Waals surface area contributed by atoms with E-state index in [4.69, 9.17) is 0 Å². The summed E-state index contributed by atoms with van der Waals surface area (Å²) in [4.78, 5) is 0. The number of rotatable bonds is 3. The SMILES string of the molecule is CC(Nc1cnn(C)c1)c1ccccc1C(F)(F)F. The fraction of sp³-hybridized carbons (Fsp3) is 0.308. The summed E-state index contributed by atoms with van der Waals surface area (Å²) in [6.07, 6.45) is -1.05. The zero-order valence-corrected chi connectivity index (χ0v) is 10.6. The largest absolute Gasteiger partial charge is 0.416 e. The number of nitrogens with zero attached hydrogens (tertiary/aromatic N) is 2. The van der Waals surface area contributed by atoms with Crippen LogP contribution in [0.2, 0.25) is 0 Å². The van der Waals surface area contributed by atoms with E-state index in [1.54, 1.807) is 37.1 Å². The van der Waals surface area contributed by atoms with Crippen molar-refractivity contribution >= 4 is 5.69 Å². The summed E-state index contributed by atoms with van der Waals surface area (Å²) < 4.78 is 40.3. The number of benzene rings is 1. The van der Waals surface area contributed by atoms with Gasteiger partial charge in [-0.15, -0.1) is 0 Å². The zero-order chi connectivity index (χ0) is 14.0. The molecule has 6 heteroatoms. The molecule has 0 amide bonds. The van der Waals surface area contributed by atoms with Crippen LogP contribution in [0.15, 0.2) is 36.7 Å². The van der Waals surface area contributed by atoms with Crippen LogP contribution in [-0.4, -0.2) is 9.78 Å². The summed E-state index contributed by atoms with van der Waals surface area (Å²) in [6, 6.07) is 5.12. The molecule has 102 valence electrons. The van der Waals surface area contributed by atoms with Gasteiger partial charge in [0.2, 0.25) is 0 Å². The molecule has 2 aromatic rings. The van der Waals surface area contributed by atoms with Gasteiger partial charge in [-0.05, 0) is 18.6 Å². The van der Waals surface area contributed by atoms with Gasteiger partial charge in [-0.1, -0.05) is 18.2 Å². The van der Waals surface area contributed by atoms with E-state index in [1.807, 2.05) is 0 Å². The topological polar surface area (TPSA) is 29.9 Å². The fourth-order valence-electron chi connectivity index (χ4n) is 1.96. The van der Waals surface area contributed by atoms with E-state index in [0.717, 1.165) is 6.07 Å². The van der Waals surface area contributed by atoms with E-state index in [-0.39, 0.29) is 5.56 Å². The van der Waals surface area contributed by atoms with Crippen molar-refractivity contribution in [2.45, 2.75) is 19.1 Å². The third-order valence-electron chi connectivity index (χ3n) is 2.82. The molecule has 1 unspecified atom stereocenters. The Hall–Kier alpha value is -1.98. The van der Waals surface area contributed by atoms with Crippen molar-refractivity contribution in [2.24, 2.45) is 7.05 Å². The Morgan fingerprint density at radius 3 is 2.53 bits per heavy atom. The Morgan fingerprint density at radius 2 is 1.95 bits per heavy atom. The van der Waals surface area contributed by atoms with Gasteiger partial charge >= 0.3 is 6.18 Å². The second-order valence-corrected chi connectivity index (χ2v) is 4.35. The van der Waals surface area contributed by atoms with Gasteiger partial charge in [-0.25, -0.2) is 0 Å². The minimum absolute atomic E-state index is 0.221. The molecule has 2 rings (SSSR count). The maximum atomic E-state index is 12.9.